The highest BCUT2D eigenvalue weighted by Gasteiger charge is 2.19. The molecule has 0 bridgehead atoms. The zero-order valence-corrected chi connectivity index (χ0v) is 23.9. The number of aromatic nitrogens is 4. The molecule has 3 aromatic heterocycles. The van der Waals surface area contributed by atoms with Crippen LogP contribution >= 0.6 is 0 Å². The first-order chi connectivity index (χ1) is 20.9. The number of nitrogens with zero attached hydrogens (tertiary/aromatic N) is 3. The summed E-state index contributed by atoms with van der Waals surface area (Å²) in [6, 6.07) is 28.4. The van der Waals surface area contributed by atoms with E-state index in [0.717, 1.165) is 50.2 Å². The van der Waals surface area contributed by atoms with Crippen molar-refractivity contribution < 1.29 is 9.18 Å². The number of halogens is 1. The van der Waals surface area contributed by atoms with E-state index in [1.165, 1.54) is 12.1 Å². The van der Waals surface area contributed by atoms with Gasteiger partial charge >= 0.3 is 0 Å². The number of hydrogen-bond donors (Lipinski definition) is 3. The number of carbonyl (C=O) groups is 1. The van der Waals surface area contributed by atoms with Crippen LogP contribution in [0.2, 0.25) is 0 Å². The van der Waals surface area contributed by atoms with E-state index in [-0.39, 0.29) is 11.7 Å². The van der Waals surface area contributed by atoms with E-state index in [1.54, 1.807) is 24.4 Å². The third-order valence-corrected chi connectivity index (χ3v) is 7.11. The van der Waals surface area contributed by atoms with Crippen LogP contribution in [0.25, 0.3) is 56.2 Å². The lowest BCUT2D eigenvalue weighted by molar-refractivity contribution is -0.116. The third kappa shape index (κ3) is 6.29. The van der Waals surface area contributed by atoms with E-state index in [2.05, 4.69) is 38.5 Å². The zero-order chi connectivity index (χ0) is 29.8. The fraction of sp³-hybridized carbons (Fsp3) is 0.114. The Kier molecular flexibility index (Phi) is 7.93. The van der Waals surface area contributed by atoms with Gasteiger partial charge in [0.05, 0.1) is 11.4 Å². The summed E-state index contributed by atoms with van der Waals surface area (Å²) in [5.74, 6) is 0.211. The monoisotopic (exact) mass is 570 g/mol. The first-order valence-electron chi connectivity index (χ1n) is 14.0. The SMILES string of the molecule is CN(C)C/C=C/C(=O)NCc1cccc(-c2nc(-c3ccc(F)cc3)c(-c3ccnc4[nH]c(-c5ccccc5)cc34)[nH]2)c1. The van der Waals surface area contributed by atoms with E-state index >= 15 is 0 Å². The molecule has 6 aromatic rings. The van der Waals surface area contributed by atoms with Gasteiger partial charge < -0.3 is 20.2 Å². The van der Waals surface area contributed by atoms with Crippen molar-refractivity contribution in [2.45, 2.75) is 6.54 Å². The van der Waals surface area contributed by atoms with E-state index < -0.39 is 0 Å². The Morgan fingerprint density at radius 1 is 0.907 bits per heavy atom. The van der Waals surface area contributed by atoms with Crippen LogP contribution in [0.4, 0.5) is 4.39 Å². The molecule has 8 heteroatoms. The van der Waals surface area contributed by atoms with Crippen LogP contribution < -0.4 is 5.32 Å². The Morgan fingerprint density at radius 2 is 1.70 bits per heavy atom. The second-order valence-electron chi connectivity index (χ2n) is 10.6. The summed E-state index contributed by atoms with van der Waals surface area (Å²) < 4.78 is 13.9. The highest BCUT2D eigenvalue weighted by molar-refractivity contribution is 5.98. The molecular weight excluding hydrogens is 539 g/mol. The molecule has 0 saturated carbocycles. The Hall–Kier alpha value is -5.34. The molecule has 0 atom stereocenters. The van der Waals surface area contributed by atoms with Gasteiger partial charge in [0.25, 0.3) is 0 Å². The molecule has 214 valence electrons. The molecule has 0 aliphatic rings. The predicted molar refractivity (Wildman–Crippen MR) is 169 cm³/mol. The smallest absolute Gasteiger partial charge is 0.243 e. The lowest BCUT2D eigenvalue weighted by Crippen LogP contribution is -2.21. The number of pyridine rings is 1. The average Bonchev–Trinajstić information content (AvgIpc) is 3.66. The third-order valence-electron chi connectivity index (χ3n) is 7.11. The van der Waals surface area contributed by atoms with Crippen LogP contribution in [-0.2, 0) is 11.3 Å². The lowest BCUT2D eigenvalue weighted by Gasteiger charge is -2.06. The average molecular weight is 571 g/mol. The van der Waals surface area contributed by atoms with Crippen LogP contribution in [-0.4, -0.2) is 51.4 Å². The van der Waals surface area contributed by atoms with Gasteiger partial charge in [0.1, 0.15) is 17.3 Å². The Balaban J connectivity index is 1.38. The van der Waals surface area contributed by atoms with Crippen molar-refractivity contribution >= 4 is 16.9 Å². The van der Waals surface area contributed by atoms with Gasteiger partial charge in [-0.05, 0) is 67.7 Å². The van der Waals surface area contributed by atoms with Crippen LogP contribution in [0.5, 0.6) is 0 Å². The summed E-state index contributed by atoms with van der Waals surface area (Å²) in [7, 11) is 3.90. The largest absolute Gasteiger partial charge is 0.348 e. The summed E-state index contributed by atoms with van der Waals surface area (Å²) >= 11 is 0. The Bertz CT molecular complexity index is 1900. The summed E-state index contributed by atoms with van der Waals surface area (Å²) in [6.45, 7) is 1.08. The first-order valence-corrected chi connectivity index (χ1v) is 14.0. The van der Waals surface area contributed by atoms with Crippen molar-refractivity contribution in [2.24, 2.45) is 0 Å². The van der Waals surface area contributed by atoms with E-state index in [4.69, 9.17) is 4.98 Å². The van der Waals surface area contributed by atoms with E-state index in [9.17, 15) is 9.18 Å². The molecule has 3 aromatic carbocycles. The van der Waals surface area contributed by atoms with Crippen LogP contribution in [0, 0.1) is 5.82 Å². The Morgan fingerprint density at radius 3 is 2.49 bits per heavy atom. The maximum Gasteiger partial charge on any atom is 0.243 e. The van der Waals surface area contributed by atoms with Gasteiger partial charge in [0.2, 0.25) is 5.91 Å². The minimum atomic E-state index is -0.309. The quantitative estimate of drug-likeness (QED) is 0.166. The van der Waals surface area contributed by atoms with Crippen molar-refractivity contribution in [3.63, 3.8) is 0 Å². The molecule has 0 radical (unpaired) electrons. The van der Waals surface area contributed by atoms with Crippen LogP contribution in [0.3, 0.4) is 0 Å². The molecule has 3 heterocycles. The van der Waals surface area contributed by atoms with Crippen molar-refractivity contribution in [3.05, 3.63) is 121 Å². The van der Waals surface area contributed by atoms with E-state index in [1.807, 2.05) is 73.6 Å². The van der Waals surface area contributed by atoms with Gasteiger partial charge in [0, 0.05) is 53.1 Å². The topological polar surface area (TPSA) is 89.7 Å². The predicted octanol–water partition coefficient (Wildman–Crippen LogP) is 6.83. The van der Waals surface area contributed by atoms with Gasteiger partial charge in [-0.2, -0.15) is 0 Å². The number of likely N-dealkylation sites (N-methyl/N-ethyl adjacent to an activating group) is 1. The number of aromatic amines is 2. The number of amides is 1. The molecule has 0 unspecified atom stereocenters. The molecule has 0 spiro atoms. The van der Waals surface area contributed by atoms with Crippen molar-refractivity contribution in [1.29, 1.82) is 0 Å². The van der Waals surface area contributed by atoms with Crippen molar-refractivity contribution in [2.75, 3.05) is 20.6 Å². The summed E-state index contributed by atoms with van der Waals surface area (Å²) in [5.41, 5.74) is 7.82. The number of imidazole rings is 1. The summed E-state index contributed by atoms with van der Waals surface area (Å²) in [5, 5.41) is 3.88. The zero-order valence-electron chi connectivity index (χ0n) is 23.9. The molecule has 1 amide bonds. The molecule has 0 fully saturated rings. The van der Waals surface area contributed by atoms with Crippen molar-refractivity contribution in [1.82, 2.24) is 30.2 Å². The first kappa shape index (κ1) is 27.8. The lowest BCUT2D eigenvalue weighted by atomic mass is 10.0. The second-order valence-corrected chi connectivity index (χ2v) is 10.6. The number of nitrogens with one attached hydrogen (secondary N) is 3. The van der Waals surface area contributed by atoms with Gasteiger partial charge in [-0.15, -0.1) is 0 Å². The highest BCUT2D eigenvalue weighted by Crippen LogP contribution is 2.37. The fourth-order valence-electron chi connectivity index (χ4n) is 4.99. The normalized spacial score (nSPS) is 11.5. The van der Waals surface area contributed by atoms with Crippen molar-refractivity contribution in [3.8, 4) is 45.2 Å². The molecule has 3 N–H and O–H groups in total. The maximum atomic E-state index is 13.9. The van der Waals surface area contributed by atoms with Crippen LogP contribution in [0.15, 0.2) is 109 Å². The summed E-state index contributed by atoms with van der Waals surface area (Å²) in [6.07, 6.45) is 5.15. The fourth-order valence-corrected chi connectivity index (χ4v) is 4.99. The number of hydrogen-bond acceptors (Lipinski definition) is 4. The van der Waals surface area contributed by atoms with E-state index in [0.29, 0.717) is 24.6 Å². The molecule has 0 saturated heterocycles. The number of benzene rings is 3. The van der Waals surface area contributed by atoms with Gasteiger partial charge in [-0.1, -0.05) is 54.6 Å². The Labute approximate surface area is 249 Å². The standard InChI is InChI=1S/C35H31FN6O/c1-42(2)19-7-12-31(43)38-22-23-8-6-11-26(20-23)34-40-32(25-13-15-27(36)16-14-25)33(41-34)28-17-18-37-35-29(28)21-30(39-35)24-9-4-3-5-10-24/h3-18,20-21H,19,22H2,1-2H3,(H,37,39)(H,38,43)(H,40,41)/b12-7+. The molecule has 0 aliphatic heterocycles. The minimum absolute atomic E-state index is 0.144. The number of rotatable bonds is 9. The molecule has 7 nitrogen and oxygen atoms in total. The van der Waals surface area contributed by atoms with Crippen LogP contribution in [0.1, 0.15) is 5.56 Å². The highest BCUT2D eigenvalue weighted by atomic mass is 19.1. The van der Waals surface area contributed by atoms with Gasteiger partial charge in [-0.25, -0.2) is 14.4 Å². The number of fused-ring (bicyclic) bond motifs is 1. The molecular formula is C35H31FN6O. The second kappa shape index (κ2) is 12.3. The minimum Gasteiger partial charge on any atom is -0.348 e. The molecule has 0 aliphatic carbocycles. The maximum absolute atomic E-state index is 13.9. The number of H-pyrrole nitrogens is 2. The molecule has 43 heavy (non-hydrogen) atoms. The van der Waals surface area contributed by atoms with Gasteiger partial charge in [0.15, 0.2) is 0 Å². The molecule has 6 rings (SSSR count). The van der Waals surface area contributed by atoms with Gasteiger partial charge in [-0.3, -0.25) is 4.79 Å². The number of carbonyl (C=O) groups excluding carboxylic acids is 1. The summed E-state index contributed by atoms with van der Waals surface area (Å²) in [4.78, 5) is 30.8.